The molecular formula is C11H13N3O2. The third-order valence-electron chi connectivity index (χ3n) is 2.34. The van der Waals surface area contributed by atoms with Crippen LogP contribution >= 0.6 is 0 Å². The molecule has 0 aliphatic carbocycles. The van der Waals surface area contributed by atoms with Gasteiger partial charge in [-0.15, -0.1) is 0 Å². The monoisotopic (exact) mass is 219 g/mol. The molecule has 0 radical (unpaired) electrons. The van der Waals surface area contributed by atoms with E-state index < -0.39 is 11.5 Å². The molecule has 16 heavy (non-hydrogen) atoms. The molecule has 2 aromatic heterocycles. The van der Waals surface area contributed by atoms with Crippen LogP contribution in [0, 0.1) is 0 Å². The fraction of sp³-hybridized carbons (Fsp3) is 0.273. The number of nitrogens with zero attached hydrogens (tertiary/aromatic N) is 2. The summed E-state index contributed by atoms with van der Waals surface area (Å²) in [5.41, 5.74) is 4.96. The predicted molar refractivity (Wildman–Crippen MR) is 59.1 cm³/mol. The summed E-state index contributed by atoms with van der Waals surface area (Å²) in [6.45, 7) is 3.26. The molecule has 0 aliphatic rings. The molecule has 0 spiro atoms. The molecule has 1 amide bonds. The fourth-order valence-electron chi connectivity index (χ4n) is 1.30. The second kappa shape index (κ2) is 3.52. The van der Waals surface area contributed by atoms with Crippen molar-refractivity contribution in [3.05, 3.63) is 30.7 Å². The van der Waals surface area contributed by atoms with Crippen LogP contribution < -0.4 is 10.5 Å². The van der Waals surface area contributed by atoms with Gasteiger partial charge in [0.05, 0.1) is 0 Å². The highest BCUT2D eigenvalue weighted by Crippen LogP contribution is 2.19. The summed E-state index contributed by atoms with van der Waals surface area (Å²) in [5.74, 6) is 0.0678. The summed E-state index contributed by atoms with van der Waals surface area (Å²) in [6, 6.07) is 3.52. The molecule has 2 heterocycles. The first kappa shape index (κ1) is 10.5. The first-order valence-corrected chi connectivity index (χ1v) is 4.91. The Morgan fingerprint density at radius 2 is 2.25 bits per heavy atom. The van der Waals surface area contributed by atoms with Crippen molar-refractivity contribution in [1.29, 1.82) is 0 Å². The highest BCUT2D eigenvalue weighted by molar-refractivity contribution is 5.82. The number of carbonyl (C=O) groups excluding carboxylic acids is 1. The van der Waals surface area contributed by atoms with Gasteiger partial charge in [0.25, 0.3) is 5.91 Å². The lowest BCUT2D eigenvalue weighted by atomic mass is 10.1. The number of primary amides is 1. The van der Waals surface area contributed by atoms with Crippen LogP contribution in [0.5, 0.6) is 5.75 Å². The lowest BCUT2D eigenvalue weighted by Gasteiger charge is -2.22. The molecule has 0 aromatic carbocycles. The molecule has 0 fully saturated rings. The quantitative estimate of drug-likeness (QED) is 0.836. The van der Waals surface area contributed by atoms with Crippen LogP contribution in [0.4, 0.5) is 0 Å². The maximum Gasteiger partial charge on any atom is 0.261 e. The number of pyridine rings is 1. The Labute approximate surface area is 92.8 Å². The molecule has 0 atom stereocenters. The average molecular weight is 219 g/mol. The summed E-state index contributed by atoms with van der Waals surface area (Å²) in [7, 11) is 0. The lowest BCUT2D eigenvalue weighted by Crippen LogP contribution is -2.43. The zero-order valence-electron chi connectivity index (χ0n) is 9.18. The Morgan fingerprint density at radius 1 is 1.50 bits per heavy atom. The van der Waals surface area contributed by atoms with E-state index in [1.165, 1.54) is 0 Å². The molecule has 84 valence electrons. The Hall–Kier alpha value is -2.04. The minimum Gasteiger partial charge on any atom is -0.478 e. The van der Waals surface area contributed by atoms with Crippen molar-refractivity contribution >= 4 is 11.6 Å². The molecule has 2 N–H and O–H groups in total. The predicted octanol–water partition coefficient (Wildman–Crippen LogP) is 0.977. The normalized spacial score (nSPS) is 11.6. The number of hydrogen-bond donors (Lipinski definition) is 1. The van der Waals surface area contributed by atoms with Crippen molar-refractivity contribution in [3.63, 3.8) is 0 Å². The Bertz CT molecular complexity index is 531. The van der Waals surface area contributed by atoms with E-state index >= 15 is 0 Å². The first-order chi connectivity index (χ1) is 7.49. The third-order valence-corrected chi connectivity index (χ3v) is 2.34. The van der Waals surface area contributed by atoms with Gasteiger partial charge in [0, 0.05) is 24.7 Å². The van der Waals surface area contributed by atoms with Crippen molar-refractivity contribution in [1.82, 2.24) is 9.38 Å². The van der Waals surface area contributed by atoms with Crippen LogP contribution in [0.25, 0.3) is 5.65 Å². The van der Waals surface area contributed by atoms with Gasteiger partial charge in [-0.1, -0.05) is 0 Å². The van der Waals surface area contributed by atoms with E-state index in [1.807, 2.05) is 16.8 Å². The summed E-state index contributed by atoms with van der Waals surface area (Å²) >= 11 is 0. The van der Waals surface area contributed by atoms with Crippen LogP contribution in [-0.4, -0.2) is 20.9 Å². The Morgan fingerprint density at radius 3 is 2.94 bits per heavy atom. The molecule has 0 aliphatic heterocycles. The Balaban J connectivity index is 2.30. The van der Waals surface area contributed by atoms with E-state index in [4.69, 9.17) is 10.5 Å². The second-order valence-corrected chi connectivity index (χ2v) is 4.03. The number of rotatable bonds is 3. The zero-order valence-corrected chi connectivity index (χ0v) is 9.18. The standard InChI is InChI=1S/C11H13N3O2/c1-11(2,10(12)15)16-8-3-5-14-6-4-13-9(14)7-8/h3-7H,1-2H3,(H2,12,15). The maximum atomic E-state index is 11.1. The maximum absolute atomic E-state index is 11.1. The van der Waals surface area contributed by atoms with Crippen molar-refractivity contribution in [3.8, 4) is 5.75 Å². The van der Waals surface area contributed by atoms with E-state index in [0.717, 1.165) is 5.65 Å². The topological polar surface area (TPSA) is 69.6 Å². The minimum atomic E-state index is -1.02. The number of fused-ring (bicyclic) bond motifs is 1. The van der Waals surface area contributed by atoms with E-state index in [0.29, 0.717) is 5.75 Å². The highest BCUT2D eigenvalue weighted by atomic mass is 16.5. The van der Waals surface area contributed by atoms with Crippen LogP contribution in [-0.2, 0) is 4.79 Å². The van der Waals surface area contributed by atoms with E-state index in [9.17, 15) is 4.79 Å². The zero-order chi connectivity index (χ0) is 11.8. The largest absolute Gasteiger partial charge is 0.478 e. The van der Waals surface area contributed by atoms with Gasteiger partial charge in [-0.3, -0.25) is 4.79 Å². The van der Waals surface area contributed by atoms with Gasteiger partial charge in [0.2, 0.25) is 0 Å². The molecule has 0 bridgehead atoms. The minimum absolute atomic E-state index is 0.504. The number of aromatic nitrogens is 2. The molecular weight excluding hydrogens is 206 g/mol. The van der Waals surface area contributed by atoms with Crippen molar-refractivity contribution < 1.29 is 9.53 Å². The lowest BCUT2D eigenvalue weighted by molar-refractivity contribution is -0.130. The number of hydrogen-bond acceptors (Lipinski definition) is 3. The smallest absolute Gasteiger partial charge is 0.261 e. The number of carbonyl (C=O) groups is 1. The van der Waals surface area contributed by atoms with Gasteiger partial charge < -0.3 is 14.9 Å². The van der Waals surface area contributed by atoms with Crippen LogP contribution in [0.15, 0.2) is 30.7 Å². The van der Waals surface area contributed by atoms with Gasteiger partial charge in [0.1, 0.15) is 11.4 Å². The SMILES string of the molecule is CC(C)(Oc1ccn2ccnc2c1)C(N)=O. The molecule has 0 unspecified atom stereocenters. The summed E-state index contributed by atoms with van der Waals surface area (Å²) < 4.78 is 7.36. The summed E-state index contributed by atoms with van der Waals surface area (Å²) in [5, 5.41) is 0. The second-order valence-electron chi connectivity index (χ2n) is 4.03. The molecule has 0 saturated carbocycles. The average Bonchev–Trinajstić information content (AvgIpc) is 2.63. The molecule has 2 rings (SSSR count). The van der Waals surface area contributed by atoms with E-state index in [2.05, 4.69) is 4.98 Å². The first-order valence-electron chi connectivity index (χ1n) is 4.91. The molecule has 0 saturated heterocycles. The molecule has 5 heteroatoms. The van der Waals surface area contributed by atoms with E-state index in [-0.39, 0.29) is 0 Å². The van der Waals surface area contributed by atoms with Crippen molar-refractivity contribution in [2.24, 2.45) is 5.73 Å². The van der Waals surface area contributed by atoms with Crippen LogP contribution in [0.1, 0.15) is 13.8 Å². The van der Waals surface area contributed by atoms with Crippen molar-refractivity contribution in [2.75, 3.05) is 0 Å². The van der Waals surface area contributed by atoms with Crippen LogP contribution in [0.2, 0.25) is 0 Å². The Kier molecular flexibility index (Phi) is 2.30. The number of nitrogens with two attached hydrogens (primary N) is 1. The van der Waals surface area contributed by atoms with Gasteiger partial charge in [0.15, 0.2) is 5.60 Å². The van der Waals surface area contributed by atoms with E-state index in [1.54, 1.807) is 32.2 Å². The number of ether oxygens (including phenoxy) is 1. The fourth-order valence-corrected chi connectivity index (χ4v) is 1.30. The van der Waals surface area contributed by atoms with Crippen LogP contribution in [0.3, 0.4) is 0 Å². The van der Waals surface area contributed by atoms with Crippen molar-refractivity contribution in [2.45, 2.75) is 19.4 Å². The van der Waals surface area contributed by atoms with Gasteiger partial charge in [-0.05, 0) is 19.9 Å². The third kappa shape index (κ3) is 1.84. The molecule has 5 nitrogen and oxygen atoms in total. The summed E-state index contributed by atoms with van der Waals surface area (Å²) in [4.78, 5) is 15.2. The molecule has 2 aromatic rings. The van der Waals surface area contributed by atoms with Gasteiger partial charge >= 0.3 is 0 Å². The summed E-state index contributed by atoms with van der Waals surface area (Å²) in [6.07, 6.45) is 5.34. The highest BCUT2D eigenvalue weighted by Gasteiger charge is 2.27. The number of amides is 1. The van der Waals surface area contributed by atoms with Gasteiger partial charge in [-0.2, -0.15) is 0 Å². The van der Waals surface area contributed by atoms with Gasteiger partial charge in [-0.25, -0.2) is 4.98 Å². The number of imidazole rings is 1.